The van der Waals surface area contributed by atoms with Gasteiger partial charge in [-0.1, -0.05) is 81.4 Å². The first-order chi connectivity index (χ1) is 10.9. The highest BCUT2D eigenvalue weighted by atomic mass is 79.9. The molecule has 0 saturated carbocycles. The number of benzene rings is 2. The second kappa shape index (κ2) is 6.92. The molecule has 3 rings (SSSR count). The van der Waals surface area contributed by atoms with E-state index in [9.17, 15) is 0 Å². The van der Waals surface area contributed by atoms with E-state index in [4.69, 9.17) is 0 Å². The van der Waals surface area contributed by atoms with E-state index in [1.807, 2.05) is 0 Å². The molecule has 1 aliphatic rings. The molecule has 1 heterocycles. The monoisotopic (exact) mass is 446 g/mol. The van der Waals surface area contributed by atoms with Crippen molar-refractivity contribution in [2.24, 2.45) is 0 Å². The summed E-state index contributed by atoms with van der Waals surface area (Å²) in [5, 5.41) is 0. The van der Waals surface area contributed by atoms with Crippen LogP contribution >= 0.6 is 31.9 Å². The molecule has 118 valence electrons. The van der Waals surface area contributed by atoms with Gasteiger partial charge in [-0.05, 0) is 58.6 Å². The van der Waals surface area contributed by atoms with Gasteiger partial charge in [0.25, 0.3) is 0 Å². The standard InChI is InChI=1S/C20H20Br2Si/c1-23(2)13-17(11-15-3-7-19(21)8-4-15)18(14-23)12-16-5-9-20(22)10-6-16/h3-12H,13-14H2,1-2H3/b17-11-,18-12+. The highest BCUT2D eigenvalue weighted by molar-refractivity contribution is 9.10. The van der Waals surface area contributed by atoms with Gasteiger partial charge in [-0.15, -0.1) is 0 Å². The smallest absolute Gasteiger partial charge is 0.0561 e. The molecule has 0 nitrogen and oxygen atoms in total. The largest absolute Gasteiger partial charge is 0.0689 e. The maximum Gasteiger partial charge on any atom is 0.0561 e. The second-order valence-electron chi connectivity index (χ2n) is 6.96. The van der Waals surface area contributed by atoms with Crippen molar-refractivity contribution in [1.82, 2.24) is 0 Å². The van der Waals surface area contributed by atoms with E-state index in [0.717, 1.165) is 8.95 Å². The molecule has 0 aliphatic carbocycles. The molecule has 0 unspecified atom stereocenters. The van der Waals surface area contributed by atoms with Crippen LogP contribution in [-0.2, 0) is 0 Å². The lowest BCUT2D eigenvalue weighted by atomic mass is 10.0. The molecule has 2 aromatic rings. The van der Waals surface area contributed by atoms with Crippen LogP contribution in [-0.4, -0.2) is 8.07 Å². The molecule has 0 aromatic heterocycles. The molecule has 0 radical (unpaired) electrons. The van der Waals surface area contributed by atoms with Gasteiger partial charge in [0.2, 0.25) is 0 Å². The highest BCUT2D eigenvalue weighted by Crippen LogP contribution is 2.41. The van der Waals surface area contributed by atoms with Gasteiger partial charge in [-0.25, -0.2) is 0 Å². The minimum Gasteiger partial charge on any atom is -0.0689 e. The lowest BCUT2D eigenvalue weighted by Gasteiger charge is -2.10. The van der Waals surface area contributed by atoms with E-state index >= 15 is 0 Å². The Morgan fingerprint density at radius 3 is 1.39 bits per heavy atom. The lowest BCUT2D eigenvalue weighted by Crippen LogP contribution is -2.18. The highest BCUT2D eigenvalue weighted by Gasteiger charge is 2.32. The molecular weight excluding hydrogens is 428 g/mol. The van der Waals surface area contributed by atoms with Gasteiger partial charge in [0.05, 0.1) is 8.07 Å². The van der Waals surface area contributed by atoms with Crippen molar-refractivity contribution in [3.8, 4) is 0 Å². The zero-order valence-corrected chi connectivity index (χ0v) is 17.6. The average Bonchev–Trinajstić information content (AvgIpc) is 2.78. The van der Waals surface area contributed by atoms with Gasteiger partial charge in [0.15, 0.2) is 0 Å². The summed E-state index contributed by atoms with van der Waals surface area (Å²) in [6.07, 6.45) is 4.75. The molecule has 0 bridgehead atoms. The summed E-state index contributed by atoms with van der Waals surface area (Å²) in [5.41, 5.74) is 5.62. The SMILES string of the molecule is C[Si]1(C)CC(=C\c2ccc(Br)cc2)/C(=C\c2ccc(Br)cc2)C1. The Hall–Kier alpha value is -0.903. The molecule has 0 N–H and O–H groups in total. The Morgan fingerprint density at radius 2 is 1.04 bits per heavy atom. The maximum absolute atomic E-state index is 3.51. The summed E-state index contributed by atoms with van der Waals surface area (Å²) in [4.78, 5) is 0. The van der Waals surface area contributed by atoms with Crippen molar-refractivity contribution in [2.75, 3.05) is 0 Å². The third-order valence-corrected chi connectivity index (χ3v) is 7.91. The summed E-state index contributed by atoms with van der Waals surface area (Å²) in [6.45, 7) is 4.98. The molecule has 3 heteroatoms. The zero-order chi connectivity index (χ0) is 16.4. The van der Waals surface area contributed by atoms with Crippen LogP contribution in [0.2, 0.25) is 25.2 Å². The normalized spacial score (nSPS) is 20.3. The molecule has 1 fully saturated rings. The summed E-state index contributed by atoms with van der Waals surface area (Å²) >= 11 is 7.02. The number of rotatable bonds is 2. The predicted molar refractivity (Wildman–Crippen MR) is 111 cm³/mol. The molecule has 23 heavy (non-hydrogen) atoms. The number of allylic oxidation sites excluding steroid dienone is 2. The minimum absolute atomic E-state index is 1.13. The van der Waals surface area contributed by atoms with Crippen LogP contribution in [0.4, 0.5) is 0 Å². The Kier molecular flexibility index (Phi) is 5.09. The van der Waals surface area contributed by atoms with Crippen molar-refractivity contribution >= 4 is 52.1 Å². The number of hydrogen-bond donors (Lipinski definition) is 0. The van der Waals surface area contributed by atoms with E-state index in [-0.39, 0.29) is 0 Å². The molecular formula is C20H20Br2Si. The van der Waals surface area contributed by atoms with Gasteiger partial charge in [0, 0.05) is 8.95 Å². The molecule has 0 amide bonds. The topological polar surface area (TPSA) is 0 Å². The van der Waals surface area contributed by atoms with Crippen LogP contribution < -0.4 is 0 Å². The Balaban J connectivity index is 1.96. The van der Waals surface area contributed by atoms with Gasteiger partial charge >= 0.3 is 0 Å². The maximum atomic E-state index is 3.51. The zero-order valence-electron chi connectivity index (χ0n) is 13.4. The minimum atomic E-state index is -1.15. The number of hydrogen-bond acceptors (Lipinski definition) is 0. The number of halogens is 2. The van der Waals surface area contributed by atoms with Crippen molar-refractivity contribution < 1.29 is 0 Å². The van der Waals surface area contributed by atoms with Crippen molar-refractivity contribution in [3.05, 3.63) is 79.7 Å². The second-order valence-corrected chi connectivity index (χ2v) is 13.8. The Bertz CT molecular complexity index is 688. The summed E-state index contributed by atoms with van der Waals surface area (Å²) in [7, 11) is -1.15. The van der Waals surface area contributed by atoms with Crippen LogP contribution in [0.3, 0.4) is 0 Å². The van der Waals surface area contributed by atoms with Gasteiger partial charge in [0.1, 0.15) is 0 Å². The van der Waals surface area contributed by atoms with E-state index in [1.54, 1.807) is 0 Å². The van der Waals surface area contributed by atoms with E-state index in [1.165, 1.54) is 34.4 Å². The fraction of sp³-hybridized carbons (Fsp3) is 0.200. The molecule has 0 spiro atoms. The summed E-state index contributed by atoms with van der Waals surface area (Å²) < 4.78 is 2.26. The van der Waals surface area contributed by atoms with Gasteiger partial charge < -0.3 is 0 Å². The fourth-order valence-electron chi connectivity index (χ4n) is 3.13. The van der Waals surface area contributed by atoms with Crippen molar-refractivity contribution in [3.63, 3.8) is 0 Å². The molecule has 2 aromatic carbocycles. The van der Waals surface area contributed by atoms with Crippen molar-refractivity contribution in [1.29, 1.82) is 0 Å². The van der Waals surface area contributed by atoms with Crippen LogP contribution in [0.1, 0.15) is 11.1 Å². The molecule has 1 saturated heterocycles. The lowest BCUT2D eigenvalue weighted by molar-refractivity contribution is 1.45. The van der Waals surface area contributed by atoms with Crippen LogP contribution in [0, 0.1) is 0 Å². The first-order valence-electron chi connectivity index (χ1n) is 7.84. The third kappa shape index (κ3) is 4.56. The first-order valence-corrected chi connectivity index (χ1v) is 12.8. The third-order valence-electron chi connectivity index (χ3n) is 4.17. The predicted octanol–water partition coefficient (Wildman–Crippen LogP) is 7.40. The Morgan fingerprint density at radius 1 is 0.696 bits per heavy atom. The van der Waals surface area contributed by atoms with Gasteiger partial charge in [-0.2, -0.15) is 0 Å². The van der Waals surface area contributed by atoms with Crippen molar-refractivity contribution in [2.45, 2.75) is 25.2 Å². The fourth-order valence-corrected chi connectivity index (χ4v) is 6.50. The first kappa shape index (κ1) is 16.9. The van der Waals surface area contributed by atoms with E-state index in [0.29, 0.717) is 0 Å². The van der Waals surface area contributed by atoms with Gasteiger partial charge in [-0.3, -0.25) is 0 Å². The van der Waals surface area contributed by atoms with E-state index in [2.05, 4.69) is 106 Å². The van der Waals surface area contributed by atoms with Crippen LogP contribution in [0.15, 0.2) is 68.6 Å². The quantitative estimate of drug-likeness (QED) is 0.420. The molecule has 0 atom stereocenters. The van der Waals surface area contributed by atoms with Crippen LogP contribution in [0.5, 0.6) is 0 Å². The summed E-state index contributed by atoms with van der Waals surface area (Å²) in [5.74, 6) is 0. The molecule has 1 aliphatic heterocycles. The summed E-state index contributed by atoms with van der Waals surface area (Å²) in [6, 6.07) is 19.7. The Labute approximate surface area is 156 Å². The van der Waals surface area contributed by atoms with Crippen LogP contribution in [0.25, 0.3) is 12.2 Å². The van der Waals surface area contributed by atoms with E-state index < -0.39 is 8.07 Å². The average molecular weight is 448 g/mol.